The maximum absolute atomic E-state index is 11.9. The van der Waals surface area contributed by atoms with Gasteiger partial charge in [-0.2, -0.15) is 0 Å². The summed E-state index contributed by atoms with van der Waals surface area (Å²) in [6, 6.07) is 0. The summed E-state index contributed by atoms with van der Waals surface area (Å²) in [6.45, 7) is 3.74. The van der Waals surface area contributed by atoms with Gasteiger partial charge in [-0.25, -0.2) is 0 Å². The highest BCUT2D eigenvalue weighted by atomic mass is 16.2. The lowest BCUT2D eigenvalue weighted by molar-refractivity contribution is -0.132. The van der Waals surface area contributed by atoms with Crippen LogP contribution in [0.25, 0.3) is 0 Å². The third kappa shape index (κ3) is 2.65. The Morgan fingerprint density at radius 2 is 2.41 bits per heavy atom. The van der Waals surface area contributed by atoms with Gasteiger partial charge in [0.25, 0.3) is 0 Å². The summed E-state index contributed by atoms with van der Waals surface area (Å²) in [7, 11) is 1.96. The first-order chi connectivity index (χ1) is 8.22. The zero-order valence-electron chi connectivity index (χ0n) is 10.6. The van der Waals surface area contributed by atoms with Crippen molar-refractivity contribution in [1.29, 1.82) is 0 Å². The molecule has 0 spiro atoms. The Morgan fingerprint density at radius 3 is 3.06 bits per heavy atom. The number of aromatic nitrogens is 3. The summed E-state index contributed by atoms with van der Waals surface area (Å²) in [4.78, 5) is 13.9. The molecule has 1 amide bonds. The van der Waals surface area contributed by atoms with E-state index in [0.29, 0.717) is 12.3 Å². The number of hydrogen-bond donors (Lipinski definition) is 0. The molecule has 0 aliphatic carbocycles. The van der Waals surface area contributed by atoms with Crippen molar-refractivity contribution in [3.05, 3.63) is 12.2 Å². The molecule has 0 saturated carbocycles. The van der Waals surface area contributed by atoms with Crippen LogP contribution in [-0.2, 0) is 11.8 Å². The van der Waals surface area contributed by atoms with E-state index in [-0.39, 0.29) is 5.91 Å². The van der Waals surface area contributed by atoms with Gasteiger partial charge in [0.1, 0.15) is 12.2 Å². The Labute approximate surface area is 102 Å². The van der Waals surface area contributed by atoms with Crippen molar-refractivity contribution < 1.29 is 4.79 Å². The smallest absolute Gasteiger partial charge is 0.222 e. The molecule has 0 radical (unpaired) electrons. The summed E-state index contributed by atoms with van der Waals surface area (Å²) >= 11 is 0. The number of likely N-dealkylation sites (tertiary alicyclic amines) is 1. The number of amides is 1. The maximum atomic E-state index is 11.9. The Hall–Kier alpha value is -1.39. The highest BCUT2D eigenvalue weighted by molar-refractivity contribution is 5.76. The molecule has 1 unspecified atom stereocenters. The van der Waals surface area contributed by atoms with E-state index in [4.69, 9.17) is 0 Å². The normalized spacial score (nSPS) is 20.6. The van der Waals surface area contributed by atoms with Crippen molar-refractivity contribution in [1.82, 2.24) is 19.7 Å². The van der Waals surface area contributed by atoms with Crippen molar-refractivity contribution in [3.63, 3.8) is 0 Å². The fourth-order valence-electron chi connectivity index (χ4n) is 2.45. The molecule has 5 heteroatoms. The van der Waals surface area contributed by atoms with Gasteiger partial charge in [-0.15, -0.1) is 10.2 Å². The number of carbonyl (C=O) groups excluding carboxylic acids is 1. The standard InChI is InChI=1S/C12H20N4O/c1-3-5-11(17)16-7-4-6-10(8-16)12-14-13-9-15(12)2/h9-10H,3-8H2,1-2H3. The molecular formula is C12H20N4O. The van der Waals surface area contributed by atoms with Crippen molar-refractivity contribution in [2.45, 2.75) is 38.5 Å². The van der Waals surface area contributed by atoms with Gasteiger partial charge in [0.2, 0.25) is 5.91 Å². The molecule has 1 aromatic heterocycles. The number of rotatable bonds is 3. The van der Waals surface area contributed by atoms with E-state index in [0.717, 1.165) is 38.2 Å². The zero-order chi connectivity index (χ0) is 12.3. The highest BCUT2D eigenvalue weighted by Gasteiger charge is 2.26. The summed E-state index contributed by atoms with van der Waals surface area (Å²) in [6.07, 6.45) is 5.47. The van der Waals surface area contributed by atoms with Crippen LogP contribution >= 0.6 is 0 Å². The largest absolute Gasteiger partial charge is 0.342 e. The van der Waals surface area contributed by atoms with E-state index in [2.05, 4.69) is 10.2 Å². The van der Waals surface area contributed by atoms with E-state index in [9.17, 15) is 4.79 Å². The monoisotopic (exact) mass is 236 g/mol. The van der Waals surface area contributed by atoms with Gasteiger partial charge < -0.3 is 9.47 Å². The molecule has 2 heterocycles. The minimum atomic E-state index is 0.277. The molecule has 1 aliphatic rings. The molecule has 0 aromatic carbocycles. The van der Waals surface area contributed by atoms with Gasteiger partial charge in [0.15, 0.2) is 0 Å². The van der Waals surface area contributed by atoms with Gasteiger partial charge >= 0.3 is 0 Å². The topological polar surface area (TPSA) is 51.0 Å². The highest BCUT2D eigenvalue weighted by Crippen LogP contribution is 2.25. The third-order valence-electron chi connectivity index (χ3n) is 3.35. The number of hydrogen-bond acceptors (Lipinski definition) is 3. The second kappa shape index (κ2) is 5.29. The molecular weight excluding hydrogens is 216 g/mol. The first-order valence-electron chi connectivity index (χ1n) is 6.34. The van der Waals surface area contributed by atoms with Crippen LogP contribution in [0.3, 0.4) is 0 Å². The van der Waals surface area contributed by atoms with E-state index in [1.807, 2.05) is 23.4 Å². The third-order valence-corrected chi connectivity index (χ3v) is 3.35. The van der Waals surface area contributed by atoms with Crippen molar-refractivity contribution in [2.75, 3.05) is 13.1 Å². The van der Waals surface area contributed by atoms with Gasteiger partial charge in [-0.3, -0.25) is 4.79 Å². The van der Waals surface area contributed by atoms with Crippen LogP contribution in [-0.4, -0.2) is 38.7 Å². The summed E-state index contributed by atoms with van der Waals surface area (Å²) in [5, 5.41) is 8.07. The zero-order valence-corrected chi connectivity index (χ0v) is 10.6. The maximum Gasteiger partial charge on any atom is 0.222 e. The fourth-order valence-corrected chi connectivity index (χ4v) is 2.45. The number of aryl methyl sites for hydroxylation is 1. The van der Waals surface area contributed by atoms with Crippen molar-refractivity contribution in [3.8, 4) is 0 Å². The van der Waals surface area contributed by atoms with E-state index in [1.165, 1.54) is 0 Å². The molecule has 1 fully saturated rings. The minimum absolute atomic E-state index is 0.277. The Bertz CT molecular complexity index is 388. The molecule has 1 saturated heterocycles. The molecule has 5 nitrogen and oxygen atoms in total. The first-order valence-corrected chi connectivity index (χ1v) is 6.34. The lowest BCUT2D eigenvalue weighted by Crippen LogP contribution is -2.39. The van der Waals surface area contributed by atoms with E-state index >= 15 is 0 Å². The average Bonchev–Trinajstić information content (AvgIpc) is 2.76. The van der Waals surface area contributed by atoms with Crippen LogP contribution in [0, 0.1) is 0 Å². The quantitative estimate of drug-likeness (QED) is 0.795. The average molecular weight is 236 g/mol. The number of carbonyl (C=O) groups is 1. The lowest BCUT2D eigenvalue weighted by atomic mass is 9.97. The molecule has 1 aromatic rings. The van der Waals surface area contributed by atoms with Gasteiger partial charge in [-0.1, -0.05) is 6.92 Å². The minimum Gasteiger partial charge on any atom is -0.342 e. The predicted octanol–water partition coefficient (Wildman–Crippen LogP) is 1.32. The molecule has 0 bridgehead atoms. The molecule has 17 heavy (non-hydrogen) atoms. The summed E-state index contributed by atoms with van der Waals surface area (Å²) in [5.41, 5.74) is 0. The van der Waals surface area contributed by atoms with Crippen LogP contribution in [0.5, 0.6) is 0 Å². The van der Waals surface area contributed by atoms with Crippen LogP contribution in [0.1, 0.15) is 44.3 Å². The Morgan fingerprint density at radius 1 is 1.59 bits per heavy atom. The van der Waals surface area contributed by atoms with Crippen LogP contribution in [0.4, 0.5) is 0 Å². The molecule has 1 aliphatic heterocycles. The molecule has 94 valence electrons. The van der Waals surface area contributed by atoms with Gasteiger partial charge in [0.05, 0.1) is 0 Å². The van der Waals surface area contributed by atoms with Crippen LogP contribution in [0.15, 0.2) is 6.33 Å². The SMILES string of the molecule is CCCC(=O)N1CCCC(c2nncn2C)C1. The van der Waals surface area contributed by atoms with Gasteiger partial charge in [0, 0.05) is 32.5 Å². The van der Waals surface area contributed by atoms with Crippen molar-refractivity contribution in [2.24, 2.45) is 7.05 Å². The first kappa shape index (κ1) is 12.1. The second-order valence-electron chi connectivity index (χ2n) is 4.73. The molecule has 1 atom stereocenters. The number of piperidine rings is 1. The summed E-state index contributed by atoms with van der Waals surface area (Å²) < 4.78 is 1.96. The van der Waals surface area contributed by atoms with E-state index < -0.39 is 0 Å². The molecule has 0 N–H and O–H groups in total. The lowest BCUT2D eigenvalue weighted by Gasteiger charge is -2.32. The van der Waals surface area contributed by atoms with Gasteiger partial charge in [-0.05, 0) is 19.3 Å². The Kier molecular flexibility index (Phi) is 3.76. The van der Waals surface area contributed by atoms with Crippen LogP contribution in [0.2, 0.25) is 0 Å². The van der Waals surface area contributed by atoms with E-state index in [1.54, 1.807) is 6.33 Å². The van der Waals surface area contributed by atoms with Crippen molar-refractivity contribution >= 4 is 5.91 Å². The van der Waals surface area contributed by atoms with Crippen LogP contribution < -0.4 is 0 Å². The molecule has 2 rings (SSSR count). The number of nitrogens with zero attached hydrogens (tertiary/aromatic N) is 4. The predicted molar refractivity (Wildman–Crippen MR) is 64.5 cm³/mol. The second-order valence-corrected chi connectivity index (χ2v) is 4.73. The summed E-state index contributed by atoms with van der Waals surface area (Å²) in [5.74, 6) is 1.62. The fraction of sp³-hybridized carbons (Fsp3) is 0.750. The Balaban J connectivity index is 2.02.